The maximum absolute atomic E-state index is 8.73. The van der Waals surface area contributed by atoms with Crippen LogP contribution in [0, 0.1) is 11.3 Å². The molecule has 0 spiro atoms. The van der Waals surface area contributed by atoms with E-state index in [1.165, 1.54) is 5.56 Å². The fourth-order valence-corrected chi connectivity index (χ4v) is 1.48. The first-order valence-corrected chi connectivity index (χ1v) is 5.41. The van der Waals surface area contributed by atoms with Gasteiger partial charge in [0.25, 0.3) is 0 Å². The molecular formula is C13H18N2O. The van der Waals surface area contributed by atoms with E-state index in [4.69, 9.17) is 10.00 Å². The van der Waals surface area contributed by atoms with Crippen LogP contribution in [0.5, 0.6) is 5.75 Å². The summed E-state index contributed by atoms with van der Waals surface area (Å²) in [4.78, 5) is 2.13. The molecule has 0 aliphatic carbocycles. The van der Waals surface area contributed by atoms with Crippen LogP contribution in [0.3, 0.4) is 0 Å². The third kappa shape index (κ3) is 3.56. The smallest absolute Gasteiger partial charge is 0.118 e. The lowest BCUT2D eigenvalue weighted by molar-refractivity contribution is 0.240. The van der Waals surface area contributed by atoms with Gasteiger partial charge in [0.15, 0.2) is 0 Å². The summed E-state index contributed by atoms with van der Waals surface area (Å²) in [6.07, 6.45) is 0. The number of nitriles is 1. The highest BCUT2D eigenvalue weighted by Gasteiger charge is 2.09. The second kappa shape index (κ2) is 6.14. The van der Waals surface area contributed by atoms with Crippen LogP contribution in [0.1, 0.15) is 19.4 Å². The normalized spacial score (nSPS) is 10.5. The Morgan fingerprint density at radius 3 is 2.38 bits per heavy atom. The zero-order valence-corrected chi connectivity index (χ0v) is 10.1. The Bertz CT molecular complexity index is 351. The molecule has 0 atom stereocenters. The fourth-order valence-electron chi connectivity index (χ4n) is 1.48. The monoisotopic (exact) mass is 218 g/mol. The van der Waals surface area contributed by atoms with Crippen LogP contribution in [-0.2, 0) is 6.54 Å². The number of methoxy groups -OCH3 is 1. The predicted octanol–water partition coefficient (Wildman–Crippen LogP) is 2.43. The Labute approximate surface area is 97.3 Å². The van der Waals surface area contributed by atoms with E-state index < -0.39 is 0 Å². The summed E-state index contributed by atoms with van der Waals surface area (Å²) in [5.74, 6) is 0.861. The highest BCUT2D eigenvalue weighted by molar-refractivity contribution is 5.27. The first kappa shape index (κ1) is 12.5. The van der Waals surface area contributed by atoms with Crippen molar-refractivity contribution in [3.8, 4) is 11.8 Å². The van der Waals surface area contributed by atoms with Gasteiger partial charge in [-0.1, -0.05) is 12.1 Å². The highest BCUT2D eigenvalue weighted by atomic mass is 16.5. The van der Waals surface area contributed by atoms with E-state index in [2.05, 4.69) is 24.8 Å². The molecule has 0 heterocycles. The van der Waals surface area contributed by atoms with Crippen molar-refractivity contribution >= 4 is 0 Å². The number of benzene rings is 1. The van der Waals surface area contributed by atoms with E-state index in [0.717, 1.165) is 12.3 Å². The van der Waals surface area contributed by atoms with Gasteiger partial charge in [-0.05, 0) is 31.5 Å². The number of nitrogens with zero attached hydrogens (tertiary/aromatic N) is 2. The molecular weight excluding hydrogens is 200 g/mol. The topological polar surface area (TPSA) is 36.3 Å². The lowest BCUT2D eigenvalue weighted by Gasteiger charge is -2.23. The molecule has 16 heavy (non-hydrogen) atoms. The van der Waals surface area contributed by atoms with Gasteiger partial charge in [0, 0.05) is 12.6 Å². The minimum absolute atomic E-state index is 0.377. The molecule has 86 valence electrons. The lowest BCUT2D eigenvalue weighted by atomic mass is 10.2. The van der Waals surface area contributed by atoms with Crippen molar-refractivity contribution in [1.29, 1.82) is 5.26 Å². The van der Waals surface area contributed by atoms with Crippen molar-refractivity contribution in [1.82, 2.24) is 4.90 Å². The molecule has 0 radical (unpaired) electrons. The molecule has 0 aliphatic heterocycles. The molecule has 0 saturated heterocycles. The molecule has 0 aliphatic rings. The molecule has 0 saturated carbocycles. The Morgan fingerprint density at radius 2 is 1.94 bits per heavy atom. The fraction of sp³-hybridized carbons (Fsp3) is 0.462. The van der Waals surface area contributed by atoms with Gasteiger partial charge in [-0.3, -0.25) is 4.90 Å². The molecule has 0 amide bonds. The number of hydrogen-bond donors (Lipinski definition) is 0. The SMILES string of the molecule is COc1ccc(CN(CC#N)C(C)C)cc1. The summed E-state index contributed by atoms with van der Waals surface area (Å²) >= 11 is 0. The van der Waals surface area contributed by atoms with Crippen LogP contribution in [0.25, 0.3) is 0 Å². The first-order valence-electron chi connectivity index (χ1n) is 5.41. The molecule has 1 aromatic rings. The number of hydrogen-bond acceptors (Lipinski definition) is 3. The van der Waals surface area contributed by atoms with Crippen molar-refractivity contribution < 1.29 is 4.74 Å². The summed E-state index contributed by atoms with van der Waals surface area (Å²) in [7, 11) is 1.66. The standard InChI is InChI=1S/C13H18N2O/c1-11(2)15(9-8-14)10-12-4-6-13(16-3)7-5-12/h4-7,11H,9-10H2,1-3H3. The second-order valence-electron chi connectivity index (χ2n) is 4.00. The van der Waals surface area contributed by atoms with Gasteiger partial charge in [0.1, 0.15) is 5.75 Å². The van der Waals surface area contributed by atoms with Crippen molar-refractivity contribution in [3.63, 3.8) is 0 Å². The Hall–Kier alpha value is -1.53. The molecule has 1 rings (SSSR count). The van der Waals surface area contributed by atoms with Gasteiger partial charge in [-0.25, -0.2) is 0 Å². The summed E-state index contributed by atoms with van der Waals surface area (Å²) < 4.78 is 5.10. The molecule has 0 N–H and O–H groups in total. The van der Waals surface area contributed by atoms with Gasteiger partial charge < -0.3 is 4.74 Å². The summed E-state index contributed by atoms with van der Waals surface area (Å²) in [6.45, 7) is 5.46. The van der Waals surface area contributed by atoms with Crippen molar-refractivity contribution in [2.45, 2.75) is 26.4 Å². The van der Waals surface area contributed by atoms with Crippen LogP contribution in [-0.4, -0.2) is 24.6 Å². The minimum atomic E-state index is 0.377. The van der Waals surface area contributed by atoms with E-state index in [1.54, 1.807) is 7.11 Å². The zero-order chi connectivity index (χ0) is 12.0. The van der Waals surface area contributed by atoms with E-state index in [1.807, 2.05) is 24.3 Å². The summed E-state index contributed by atoms with van der Waals surface area (Å²) in [5.41, 5.74) is 1.20. The first-order chi connectivity index (χ1) is 7.67. The van der Waals surface area contributed by atoms with Crippen LogP contribution in [0.15, 0.2) is 24.3 Å². The van der Waals surface area contributed by atoms with E-state index in [-0.39, 0.29) is 0 Å². The van der Waals surface area contributed by atoms with Crippen LogP contribution in [0.2, 0.25) is 0 Å². The largest absolute Gasteiger partial charge is 0.497 e. The van der Waals surface area contributed by atoms with Gasteiger partial charge in [0.05, 0.1) is 19.7 Å². The molecule has 0 fully saturated rings. The van der Waals surface area contributed by atoms with E-state index in [9.17, 15) is 0 Å². The summed E-state index contributed by atoms with van der Waals surface area (Å²) in [6, 6.07) is 10.5. The van der Waals surface area contributed by atoms with Gasteiger partial charge in [-0.2, -0.15) is 5.26 Å². The lowest BCUT2D eigenvalue weighted by Crippen LogP contribution is -2.30. The average Bonchev–Trinajstić information content (AvgIpc) is 2.29. The van der Waals surface area contributed by atoms with Crippen molar-refractivity contribution in [2.75, 3.05) is 13.7 Å². The quantitative estimate of drug-likeness (QED) is 0.712. The second-order valence-corrected chi connectivity index (χ2v) is 4.00. The molecule has 0 aromatic heterocycles. The maximum atomic E-state index is 8.73. The molecule has 1 aromatic carbocycles. The molecule has 3 nitrogen and oxygen atoms in total. The van der Waals surface area contributed by atoms with Gasteiger partial charge >= 0.3 is 0 Å². The van der Waals surface area contributed by atoms with Crippen LogP contribution < -0.4 is 4.74 Å². The minimum Gasteiger partial charge on any atom is -0.497 e. The third-order valence-corrected chi connectivity index (χ3v) is 2.55. The third-order valence-electron chi connectivity index (χ3n) is 2.55. The molecule has 0 bridgehead atoms. The van der Waals surface area contributed by atoms with Gasteiger partial charge in [-0.15, -0.1) is 0 Å². The Morgan fingerprint density at radius 1 is 1.31 bits per heavy atom. The number of ether oxygens (including phenoxy) is 1. The highest BCUT2D eigenvalue weighted by Crippen LogP contribution is 2.13. The summed E-state index contributed by atoms with van der Waals surface area (Å²) in [5, 5.41) is 8.73. The molecule has 0 unspecified atom stereocenters. The van der Waals surface area contributed by atoms with E-state index >= 15 is 0 Å². The Kier molecular flexibility index (Phi) is 4.81. The van der Waals surface area contributed by atoms with E-state index in [0.29, 0.717) is 12.6 Å². The maximum Gasteiger partial charge on any atom is 0.118 e. The van der Waals surface area contributed by atoms with Gasteiger partial charge in [0.2, 0.25) is 0 Å². The molecule has 3 heteroatoms. The van der Waals surface area contributed by atoms with Crippen molar-refractivity contribution in [2.24, 2.45) is 0 Å². The Balaban J connectivity index is 2.66. The van der Waals surface area contributed by atoms with Crippen molar-refractivity contribution in [3.05, 3.63) is 29.8 Å². The number of rotatable bonds is 5. The van der Waals surface area contributed by atoms with Crippen LogP contribution in [0.4, 0.5) is 0 Å². The average molecular weight is 218 g/mol. The predicted molar refractivity (Wildman–Crippen MR) is 64.2 cm³/mol. The zero-order valence-electron chi connectivity index (χ0n) is 10.1. The van der Waals surface area contributed by atoms with Crippen LogP contribution >= 0.6 is 0 Å².